The topological polar surface area (TPSA) is 47.3 Å². The van der Waals surface area contributed by atoms with E-state index in [0.29, 0.717) is 6.04 Å². The zero-order valence-electron chi connectivity index (χ0n) is 10.2. The first-order valence-corrected chi connectivity index (χ1v) is 7.52. The largest absolute Gasteiger partial charge is 0.496 e. The van der Waals surface area contributed by atoms with Crippen LogP contribution >= 0.6 is 27.7 Å². The number of hydrazine groups is 1. The molecule has 0 aliphatic heterocycles. The molecule has 5 heteroatoms. The summed E-state index contributed by atoms with van der Waals surface area (Å²) < 4.78 is 6.19. The lowest BCUT2D eigenvalue weighted by molar-refractivity contribution is 0.412. The Morgan fingerprint density at radius 3 is 2.82 bits per heavy atom. The van der Waals surface area contributed by atoms with Crippen LogP contribution in [0.25, 0.3) is 0 Å². The third kappa shape index (κ3) is 4.87. The number of halogens is 1. The minimum atomic E-state index is 0.306. The fraction of sp³-hybridized carbons (Fsp3) is 0.500. The Hall–Kier alpha value is -0.230. The molecule has 0 aromatic heterocycles. The molecule has 0 aliphatic rings. The SMILES string of the molecule is CCSCC(Cc1ccc(OC)c(Br)c1)NN. The zero-order valence-corrected chi connectivity index (χ0v) is 12.6. The summed E-state index contributed by atoms with van der Waals surface area (Å²) in [7, 11) is 1.67. The van der Waals surface area contributed by atoms with E-state index in [1.165, 1.54) is 5.56 Å². The lowest BCUT2D eigenvalue weighted by atomic mass is 10.1. The maximum absolute atomic E-state index is 5.56. The normalized spacial score (nSPS) is 12.5. The van der Waals surface area contributed by atoms with E-state index >= 15 is 0 Å². The Kier molecular flexibility index (Phi) is 6.96. The van der Waals surface area contributed by atoms with Crippen molar-refractivity contribution in [2.75, 3.05) is 18.6 Å². The highest BCUT2D eigenvalue weighted by Crippen LogP contribution is 2.26. The van der Waals surface area contributed by atoms with Gasteiger partial charge in [0.15, 0.2) is 0 Å². The first-order chi connectivity index (χ1) is 8.21. The van der Waals surface area contributed by atoms with Crippen molar-refractivity contribution in [1.29, 1.82) is 0 Å². The van der Waals surface area contributed by atoms with Gasteiger partial charge in [0.1, 0.15) is 5.75 Å². The minimum Gasteiger partial charge on any atom is -0.496 e. The number of ether oxygens (including phenoxy) is 1. The van der Waals surface area contributed by atoms with Crippen molar-refractivity contribution >= 4 is 27.7 Å². The lowest BCUT2D eigenvalue weighted by Crippen LogP contribution is -2.38. The third-order valence-corrected chi connectivity index (χ3v) is 4.12. The van der Waals surface area contributed by atoms with Gasteiger partial charge in [0.25, 0.3) is 0 Å². The van der Waals surface area contributed by atoms with Crippen LogP contribution in [0.2, 0.25) is 0 Å². The molecule has 0 saturated heterocycles. The van der Waals surface area contributed by atoms with Crippen LogP contribution in [0, 0.1) is 0 Å². The van der Waals surface area contributed by atoms with Crippen molar-refractivity contribution in [2.24, 2.45) is 5.84 Å². The second-order valence-corrected chi connectivity index (χ2v) is 5.87. The van der Waals surface area contributed by atoms with E-state index in [1.807, 2.05) is 17.8 Å². The Balaban J connectivity index is 2.63. The fourth-order valence-corrected chi connectivity index (χ4v) is 2.87. The van der Waals surface area contributed by atoms with E-state index in [9.17, 15) is 0 Å². The smallest absolute Gasteiger partial charge is 0.133 e. The molecule has 0 fully saturated rings. The Labute approximate surface area is 116 Å². The maximum Gasteiger partial charge on any atom is 0.133 e. The van der Waals surface area contributed by atoms with E-state index in [1.54, 1.807) is 7.11 Å². The number of hydrogen-bond donors (Lipinski definition) is 2. The first kappa shape index (κ1) is 14.8. The molecule has 17 heavy (non-hydrogen) atoms. The molecule has 1 unspecified atom stereocenters. The van der Waals surface area contributed by atoms with Crippen LogP contribution in [0.15, 0.2) is 22.7 Å². The lowest BCUT2D eigenvalue weighted by Gasteiger charge is -2.15. The van der Waals surface area contributed by atoms with Gasteiger partial charge in [-0.25, -0.2) is 0 Å². The number of benzene rings is 1. The predicted octanol–water partition coefficient (Wildman–Crippen LogP) is 2.59. The number of nitrogens with two attached hydrogens (primary N) is 1. The summed E-state index contributed by atoms with van der Waals surface area (Å²) in [6.07, 6.45) is 0.923. The van der Waals surface area contributed by atoms with Crippen molar-refractivity contribution in [3.05, 3.63) is 28.2 Å². The van der Waals surface area contributed by atoms with Gasteiger partial charge in [0.2, 0.25) is 0 Å². The molecule has 0 radical (unpaired) electrons. The molecule has 3 nitrogen and oxygen atoms in total. The molecule has 1 aromatic carbocycles. The summed E-state index contributed by atoms with van der Waals surface area (Å²) >= 11 is 5.38. The van der Waals surface area contributed by atoms with E-state index in [2.05, 4.69) is 40.4 Å². The van der Waals surface area contributed by atoms with Crippen LogP contribution in [0.4, 0.5) is 0 Å². The average Bonchev–Trinajstić information content (AvgIpc) is 2.34. The molecule has 1 aromatic rings. The Morgan fingerprint density at radius 1 is 1.53 bits per heavy atom. The van der Waals surface area contributed by atoms with Crippen LogP contribution in [-0.4, -0.2) is 24.7 Å². The number of hydrogen-bond acceptors (Lipinski definition) is 4. The zero-order chi connectivity index (χ0) is 12.7. The molecule has 1 rings (SSSR count). The van der Waals surface area contributed by atoms with Crippen LogP contribution in [0.1, 0.15) is 12.5 Å². The van der Waals surface area contributed by atoms with Gasteiger partial charge < -0.3 is 4.74 Å². The number of methoxy groups -OCH3 is 1. The van der Waals surface area contributed by atoms with Crippen LogP contribution in [0.5, 0.6) is 5.75 Å². The van der Waals surface area contributed by atoms with Gasteiger partial charge in [0, 0.05) is 11.8 Å². The maximum atomic E-state index is 5.56. The minimum absolute atomic E-state index is 0.306. The molecule has 0 bridgehead atoms. The molecule has 0 spiro atoms. The summed E-state index contributed by atoms with van der Waals surface area (Å²) in [5, 5.41) is 0. The highest BCUT2D eigenvalue weighted by Gasteiger charge is 2.09. The van der Waals surface area contributed by atoms with Gasteiger partial charge in [0.05, 0.1) is 11.6 Å². The molecular formula is C12H19BrN2OS. The van der Waals surface area contributed by atoms with Gasteiger partial charge in [-0.3, -0.25) is 11.3 Å². The molecule has 0 aliphatic carbocycles. The van der Waals surface area contributed by atoms with Gasteiger partial charge in [-0.05, 0) is 45.8 Å². The van der Waals surface area contributed by atoms with Gasteiger partial charge in [-0.1, -0.05) is 13.0 Å². The average molecular weight is 319 g/mol. The predicted molar refractivity (Wildman–Crippen MR) is 78.5 cm³/mol. The number of rotatable bonds is 7. The van der Waals surface area contributed by atoms with Gasteiger partial charge in [-0.2, -0.15) is 11.8 Å². The quantitative estimate of drug-likeness (QED) is 0.599. The van der Waals surface area contributed by atoms with Crippen LogP contribution < -0.4 is 16.0 Å². The summed E-state index contributed by atoms with van der Waals surface area (Å²) in [4.78, 5) is 0. The highest BCUT2D eigenvalue weighted by atomic mass is 79.9. The van der Waals surface area contributed by atoms with Crippen molar-refractivity contribution in [3.63, 3.8) is 0 Å². The number of thioether (sulfide) groups is 1. The Morgan fingerprint density at radius 2 is 2.29 bits per heavy atom. The number of nitrogens with one attached hydrogen (secondary N) is 1. The molecule has 3 N–H and O–H groups in total. The molecule has 0 heterocycles. The second kappa shape index (κ2) is 7.97. The first-order valence-electron chi connectivity index (χ1n) is 5.57. The monoisotopic (exact) mass is 318 g/mol. The molecule has 1 atom stereocenters. The van der Waals surface area contributed by atoms with E-state index in [0.717, 1.165) is 28.1 Å². The van der Waals surface area contributed by atoms with Crippen LogP contribution in [-0.2, 0) is 6.42 Å². The highest BCUT2D eigenvalue weighted by molar-refractivity contribution is 9.10. The van der Waals surface area contributed by atoms with Crippen molar-refractivity contribution in [3.8, 4) is 5.75 Å². The van der Waals surface area contributed by atoms with Crippen molar-refractivity contribution in [2.45, 2.75) is 19.4 Å². The van der Waals surface area contributed by atoms with E-state index in [4.69, 9.17) is 10.6 Å². The van der Waals surface area contributed by atoms with Crippen molar-refractivity contribution in [1.82, 2.24) is 5.43 Å². The molecular weight excluding hydrogens is 300 g/mol. The third-order valence-electron chi connectivity index (χ3n) is 2.46. The standard InChI is InChI=1S/C12H19BrN2OS/c1-3-17-8-10(15-14)6-9-4-5-12(16-2)11(13)7-9/h4-5,7,10,15H,3,6,8,14H2,1-2H3. The molecule has 0 amide bonds. The van der Waals surface area contributed by atoms with E-state index < -0.39 is 0 Å². The summed E-state index contributed by atoms with van der Waals surface area (Å²) in [6, 6.07) is 6.44. The van der Waals surface area contributed by atoms with Gasteiger partial charge in [-0.15, -0.1) is 0 Å². The molecule has 0 saturated carbocycles. The Bertz CT molecular complexity index is 349. The van der Waals surface area contributed by atoms with Crippen molar-refractivity contribution < 1.29 is 4.74 Å². The van der Waals surface area contributed by atoms with E-state index in [-0.39, 0.29) is 0 Å². The summed E-state index contributed by atoms with van der Waals surface area (Å²) in [5.74, 6) is 8.55. The second-order valence-electron chi connectivity index (χ2n) is 3.70. The fourth-order valence-electron chi connectivity index (χ4n) is 1.55. The molecule has 96 valence electrons. The summed E-state index contributed by atoms with van der Waals surface area (Å²) in [6.45, 7) is 2.15. The van der Waals surface area contributed by atoms with Crippen LogP contribution in [0.3, 0.4) is 0 Å². The summed E-state index contributed by atoms with van der Waals surface area (Å²) in [5.41, 5.74) is 4.11. The van der Waals surface area contributed by atoms with Gasteiger partial charge >= 0.3 is 0 Å².